The number of pyridine rings is 1. The average Bonchev–Trinajstić information content (AvgIpc) is 2.80. The van der Waals surface area contributed by atoms with Gasteiger partial charge >= 0.3 is 0 Å². The van der Waals surface area contributed by atoms with Crippen molar-refractivity contribution >= 4 is 5.65 Å². The van der Waals surface area contributed by atoms with Crippen LogP contribution in [0.15, 0.2) is 23.1 Å². The zero-order valence-electron chi connectivity index (χ0n) is 11.3. The van der Waals surface area contributed by atoms with Crippen LogP contribution < -0.4 is 5.43 Å². The van der Waals surface area contributed by atoms with Gasteiger partial charge in [0.25, 0.3) is 0 Å². The number of aromatic nitrogens is 3. The minimum atomic E-state index is 0.00546. The average molecular weight is 260 g/mol. The van der Waals surface area contributed by atoms with E-state index in [1.165, 1.54) is 25.8 Å². The van der Waals surface area contributed by atoms with Gasteiger partial charge in [-0.3, -0.25) is 9.89 Å². The Kier molecular flexibility index (Phi) is 3.38. The Morgan fingerprint density at radius 3 is 3.21 bits per heavy atom. The van der Waals surface area contributed by atoms with Gasteiger partial charge in [-0.05, 0) is 25.9 Å². The van der Waals surface area contributed by atoms with Crippen molar-refractivity contribution in [3.8, 4) is 0 Å². The zero-order valence-corrected chi connectivity index (χ0v) is 11.3. The molecule has 0 aromatic carbocycles. The third-order valence-electron chi connectivity index (χ3n) is 3.99. The highest BCUT2D eigenvalue weighted by Crippen LogP contribution is 2.19. The molecule has 102 valence electrons. The van der Waals surface area contributed by atoms with Crippen molar-refractivity contribution in [2.45, 2.75) is 38.6 Å². The zero-order chi connectivity index (χ0) is 13.2. The lowest BCUT2D eigenvalue weighted by Crippen LogP contribution is -2.40. The van der Waals surface area contributed by atoms with E-state index in [2.05, 4.69) is 21.9 Å². The van der Waals surface area contributed by atoms with Crippen molar-refractivity contribution in [2.75, 3.05) is 13.1 Å². The molecule has 1 unspecified atom stereocenters. The van der Waals surface area contributed by atoms with Gasteiger partial charge in [-0.15, -0.1) is 0 Å². The van der Waals surface area contributed by atoms with Gasteiger partial charge in [-0.25, -0.2) is 9.50 Å². The summed E-state index contributed by atoms with van der Waals surface area (Å²) in [7, 11) is 0. The Bertz CT molecular complexity index is 615. The summed E-state index contributed by atoms with van der Waals surface area (Å²) in [4.78, 5) is 18.4. The van der Waals surface area contributed by atoms with Crippen LogP contribution in [0.5, 0.6) is 0 Å². The topological polar surface area (TPSA) is 53.4 Å². The maximum absolute atomic E-state index is 11.3. The van der Waals surface area contributed by atoms with Crippen LogP contribution in [0.1, 0.15) is 32.0 Å². The van der Waals surface area contributed by atoms with Crippen molar-refractivity contribution in [3.63, 3.8) is 0 Å². The summed E-state index contributed by atoms with van der Waals surface area (Å²) in [6.07, 6.45) is 6.52. The Labute approximate surface area is 112 Å². The van der Waals surface area contributed by atoms with Gasteiger partial charge in [-0.1, -0.05) is 13.3 Å². The fraction of sp³-hybridized carbons (Fsp3) is 0.571. The molecule has 3 heterocycles. The van der Waals surface area contributed by atoms with Crippen LogP contribution in [0.25, 0.3) is 5.65 Å². The van der Waals surface area contributed by atoms with E-state index < -0.39 is 0 Å². The van der Waals surface area contributed by atoms with Gasteiger partial charge in [0.2, 0.25) is 0 Å². The second kappa shape index (κ2) is 5.17. The molecule has 0 amide bonds. The molecule has 1 saturated heterocycles. The third-order valence-corrected chi connectivity index (χ3v) is 3.99. The van der Waals surface area contributed by atoms with Crippen LogP contribution in [-0.2, 0) is 6.42 Å². The Morgan fingerprint density at radius 1 is 1.47 bits per heavy atom. The molecule has 1 N–H and O–H groups in total. The van der Waals surface area contributed by atoms with E-state index in [0.29, 0.717) is 11.7 Å². The molecule has 0 radical (unpaired) electrons. The summed E-state index contributed by atoms with van der Waals surface area (Å²) in [6, 6.07) is 3.69. The SMILES string of the molecule is CCN1CCCCC1Cc1nc2cc(=O)ccn2[nH]1. The Hall–Kier alpha value is -1.62. The summed E-state index contributed by atoms with van der Waals surface area (Å²) in [5.74, 6) is 0.968. The first-order valence-electron chi connectivity index (χ1n) is 7.07. The number of aromatic amines is 1. The summed E-state index contributed by atoms with van der Waals surface area (Å²) in [5, 5.41) is 3.25. The molecule has 1 aliphatic rings. The molecular formula is C14H20N4O. The summed E-state index contributed by atoms with van der Waals surface area (Å²) >= 11 is 0. The van der Waals surface area contributed by atoms with Gasteiger partial charge in [0.05, 0.1) is 0 Å². The highest BCUT2D eigenvalue weighted by molar-refractivity contribution is 5.36. The minimum absolute atomic E-state index is 0.00546. The van der Waals surface area contributed by atoms with Gasteiger partial charge < -0.3 is 4.90 Å². The van der Waals surface area contributed by atoms with Gasteiger partial charge in [-0.2, -0.15) is 0 Å². The highest BCUT2D eigenvalue weighted by atomic mass is 16.1. The number of H-pyrrole nitrogens is 1. The number of hydrogen-bond donors (Lipinski definition) is 1. The van der Waals surface area contributed by atoms with E-state index in [4.69, 9.17) is 0 Å². The van der Waals surface area contributed by atoms with Crippen molar-refractivity contribution in [2.24, 2.45) is 0 Å². The minimum Gasteiger partial charge on any atom is -0.300 e. The fourth-order valence-corrected chi connectivity index (χ4v) is 2.97. The lowest BCUT2D eigenvalue weighted by Gasteiger charge is -2.34. The summed E-state index contributed by atoms with van der Waals surface area (Å²) in [6.45, 7) is 4.51. The Morgan fingerprint density at radius 2 is 2.37 bits per heavy atom. The van der Waals surface area contributed by atoms with Gasteiger partial charge in [0, 0.05) is 30.8 Å². The molecule has 2 aromatic heterocycles. The lowest BCUT2D eigenvalue weighted by atomic mass is 9.99. The number of piperidine rings is 1. The van der Waals surface area contributed by atoms with Crippen LogP contribution in [0, 0.1) is 0 Å². The molecule has 19 heavy (non-hydrogen) atoms. The van der Waals surface area contributed by atoms with E-state index in [9.17, 15) is 4.79 Å². The van der Waals surface area contributed by atoms with Crippen molar-refractivity contribution in [1.29, 1.82) is 0 Å². The number of fused-ring (bicyclic) bond motifs is 1. The molecule has 0 bridgehead atoms. The summed E-state index contributed by atoms with van der Waals surface area (Å²) < 4.78 is 1.82. The molecule has 5 heteroatoms. The molecule has 0 spiro atoms. The number of hydrogen-bond acceptors (Lipinski definition) is 3. The van der Waals surface area contributed by atoms with Crippen molar-refractivity contribution in [3.05, 3.63) is 34.4 Å². The largest absolute Gasteiger partial charge is 0.300 e. The quantitative estimate of drug-likeness (QED) is 0.908. The van der Waals surface area contributed by atoms with Crippen LogP contribution in [0.3, 0.4) is 0 Å². The first kappa shape index (κ1) is 12.4. The molecule has 5 nitrogen and oxygen atoms in total. The van der Waals surface area contributed by atoms with Crippen LogP contribution >= 0.6 is 0 Å². The van der Waals surface area contributed by atoms with E-state index in [0.717, 1.165) is 18.8 Å². The van der Waals surface area contributed by atoms with E-state index >= 15 is 0 Å². The first-order chi connectivity index (χ1) is 9.26. The van der Waals surface area contributed by atoms with Crippen LogP contribution in [0.4, 0.5) is 0 Å². The van der Waals surface area contributed by atoms with Crippen LogP contribution in [-0.4, -0.2) is 38.6 Å². The predicted molar refractivity (Wildman–Crippen MR) is 74.4 cm³/mol. The number of nitrogens with zero attached hydrogens (tertiary/aromatic N) is 3. The molecule has 3 rings (SSSR count). The normalized spacial score (nSPS) is 21.0. The standard InChI is InChI=1S/C14H20N4O/c1-2-17-7-4-3-5-11(17)9-13-15-14-10-12(19)6-8-18(14)16-13/h6,8,10-11H,2-5,7,9H2,1H3,(H,15,16). The Balaban J connectivity index is 1.82. The number of likely N-dealkylation sites (N-methyl/N-ethyl adjacent to an activating group) is 1. The number of rotatable bonds is 3. The first-order valence-corrected chi connectivity index (χ1v) is 7.07. The summed E-state index contributed by atoms with van der Waals surface area (Å²) in [5.41, 5.74) is 0.715. The molecule has 2 aromatic rings. The highest BCUT2D eigenvalue weighted by Gasteiger charge is 2.22. The van der Waals surface area contributed by atoms with E-state index in [1.807, 2.05) is 4.52 Å². The smallest absolute Gasteiger partial charge is 0.183 e. The second-order valence-electron chi connectivity index (χ2n) is 5.24. The second-order valence-corrected chi connectivity index (χ2v) is 5.24. The third kappa shape index (κ3) is 2.56. The maximum Gasteiger partial charge on any atom is 0.183 e. The van der Waals surface area contributed by atoms with Gasteiger partial charge in [0.15, 0.2) is 11.1 Å². The monoisotopic (exact) mass is 260 g/mol. The molecule has 0 aliphatic carbocycles. The van der Waals surface area contributed by atoms with Gasteiger partial charge in [0.1, 0.15) is 5.82 Å². The number of likely N-dealkylation sites (tertiary alicyclic amines) is 1. The predicted octanol–water partition coefficient (Wildman–Crippen LogP) is 1.44. The molecule has 1 fully saturated rings. The van der Waals surface area contributed by atoms with Crippen molar-refractivity contribution in [1.82, 2.24) is 19.5 Å². The van der Waals surface area contributed by atoms with Crippen molar-refractivity contribution < 1.29 is 0 Å². The molecule has 1 atom stereocenters. The molecular weight excluding hydrogens is 240 g/mol. The van der Waals surface area contributed by atoms with Crippen LogP contribution in [0.2, 0.25) is 0 Å². The van der Waals surface area contributed by atoms with E-state index in [1.54, 1.807) is 18.3 Å². The number of nitrogens with one attached hydrogen (secondary N) is 1. The maximum atomic E-state index is 11.3. The fourth-order valence-electron chi connectivity index (χ4n) is 2.97. The van der Waals surface area contributed by atoms with E-state index in [-0.39, 0.29) is 5.43 Å². The lowest BCUT2D eigenvalue weighted by molar-refractivity contribution is 0.154. The molecule has 1 aliphatic heterocycles. The molecule has 0 saturated carbocycles.